The van der Waals surface area contributed by atoms with Gasteiger partial charge in [-0.2, -0.15) is 0 Å². The van der Waals surface area contributed by atoms with E-state index in [1.807, 2.05) is 0 Å². The Balaban J connectivity index is 2.16. The summed E-state index contributed by atoms with van der Waals surface area (Å²) < 4.78 is 13.5. The van der Waals surface area contributed by atoms with E-state index in [1.54, 1.807) is 0 Å². The molecule has 2 rings (SSSR count). The Kier molecular flexibility index (Phi) is 5.28. The fourth-order valence-corrected chi connectivity index (χ4v) is 3.41. The van der Waals surface area contributed by atoms with E-state index in [1.165, 1.54) is 18.6 Å². The molecule has 116 valence electrons. The molecule has 0 aliphatic heterocycles. The fourth-order valence-electron chi connectivity index (χ4n) is 3.41. The summed E-state index contributed by atoms with van der Waals surface area (Å²) in [4.78, 5) is 10.3. The predicted molar refractivity (Wildman–Crippen MR) is 80.7 cm³/mol. The van der Waals surface area contributed by atoms with Crippen LogP contribution in [0, 0.1) is 27.8 Å². The highest BCUT2D eigenvalue weighted by molar-refractivity contribution is 5.35. The molecular formula is C16H23FN2O2. The third-order valence-corrected chi connectivity index (χ3v) is 4.36. The van der Waals surface area contributed by atoms with Gasteiger partial charge in [-0.05, 0) is 55.7 Å². The third-order valence-electron chi connectivity index (χ3n) is 4.36. The molecule has 0 heterocycles. The first-order valence-electron chi connectivity index (χ1n) is 7.66. The van der Waals surface area contributed by atoms with Crippen molar-refractivity contribution in [3.05, 3.63) is 39.7 Å². The number of nitro benzene ring substituents is 1. The summed E-state index contributed by atoms with van der Waals surface area (Å²) in [6.07, 6.45) is 4.11. The summed E-state index contributed by atoms with van der Waals surface area (Å²) in [6, 6.07) is 4.34. The number of non-ortho nitro benzene ring substituents is 1. The lowest BCUT2D eigenvalue weighted by Crippen LogP contribution is -2.41. The van der Waals surface area contributed by atoms with E-state index in [0.29, 0.717) is 24.3 Å². The molecule has 0 spiro atoms. The van der Waals surface area contributed by atoms with Gasteiger partial charge in [-0.25, -0.2) is 4.39 Å². The van der Waals surface area contributed by atoms with Crippen LogP contribution in [0.5, 0.6) is 0 Å². The molecule has 3 unspecified atom stereocenters. The van der Waals surface area contributed by atoms with E-state index in [2.05, 4.69) is 19.2 Å². The lowest BCUT2D eigenvalue weighted by Gasteiger charge is -2.35. The van der Waals surface area contributed by atoms with Crippen molar-refractivity contribution in [1.82, 2.24) is 5.32 Å². The van der Waals surface area contributed by atoms with Gasteiger partial charge in [-0.15, -0.1) is 0 Å². The van der Waals surface area contributed by atoms with Crippen LogP contribution in [-0.4, -0.2) is 17.5 Å². The first kappa shape index (κ1) is 15.9. The van der Waals surface area contributed by atoms with Gasteiger partial charge in [-0.1, -0.05) is 13.8 Å². The number of rotatable bonds is 5. The molecule has 1 fully saturated rings. The van der Waals surface area contributed by atoms with Crippen molar-refractivity contribution in [3.8, 4) is 0 Å². The van der Waals surface area contributed by atoms with Crippen molar-refractivity contribution < 1.29 is 9.31 Å². The van der Waals surface area contributed by atoms with E-state index in [-0.39, 0.29) is 5.69 Å². The molecule has 1 aliphatic carbocycles. The quantitative estimate of drug-likeness (QED) is 0.665. The number of hydrogen-bond donors (Lipinski definition) is 1. The van der Waals surface area contributed by atoms with Crippen molar-refractivity contribution in [2.45, 2.75) is 45.6 Å². The molecule has 4 nitrogen and oxygen atoms in total. The average Bonchev–Trinajstić information content (AvgIpc) is 2.41. The maximum atomic E-state index is 13.5. The molecule has 1 saturated carbocycles. The Morgan fingerprint density at radius 1 is 1.38 bits per heavy atom. The summed E-state index contributed by atoms with van der Waals surface area (Å²) in [5, 5.41) is 14.3. The van der Waals surface area contributed by atoms with Crippen molar-refractivity contribution in [2.75, 3.05) is 6.54 Å². The zero-order chi connectivity index (χ0) is 15.4. The van der Waals surface area contributed by atoms with Crippen molar-refractivity contribution in [2.24, 2.45) is 11.8 Å². The highest BCUT2D eigenvalue weighted by Gasteiger charge is 2.28. The second-order valence-electron chi connectivity index (χ2n) is 6.12. The lowest BCUT2D eigenvalue weighted by molar-refractivity contribution is -0.385. The van der Waals surface area contributed by atoms with Crippen LogP contribution >= 0.6 is 0 Å². The molecule has 21 heavy (non-hydrogen) atoms. The van der Waals surface area contributed by atoms with E-state index in [9.17, 15) is 14.5 Å². The van der Waals surface area contributed by atoms with Crippen LogP contribution in [-0.2, 0) is 6.42 Å². The van der Waals surface area contributed by atoms with Crippen LogP contribution in [0.2, 0.25) is 0 Å². The molecule has 1 aliphatic rings. The Labute approximate surface area is 124 Å². The highest BCUT2D eigenvalue weighted by Crippen LogP contribution is 2.32. The second-order valence-corrected chi connectivity index (χ2v) is 6.12. The molecule has 5 heteroatoms. The maximum Gasteiger partial charge on any atom is 0.272 e. The zero-order valence-electron chi connectivity index (χ0n) is 12.6. The number of nitrogens with zero attached hydrogens (tertiary/aromatic N) is 1. The minimum absolute atomic E-state index is 0.158. The van der Waals surface area contributed by atoms with E-state index < -0.39 is 10.7 Å². The highest BCUT2D eigenvalue weighted by atomic mass is 19.1. The fraction of sp³-hybridized carbons (Fsp3) is 0.625. The van der Waals surface area contributed by atoms with E-state index >= 15 is 0 Å². The first-order chi connectivity index (χ1) is 9.99. The van der Waals surface area contributed by atoms with Gasteiger partial charge in [0.2, 0.25) is 0 Å². The molecule has 3 atom stereocenters. The van der Waals surface area contributed by atoms with Crippen LogP contribution in [0.15, 0.2) is 18.2 Å². The molecule has 0 saturated heterocycles. The Morgan fingerprint density at radius 3 is 2.81 bits per heavy atom. The summed E-state index contributed by atoms with van der Waals surface area (Å²) in [5.74, 6) is 0.548. The van der Waals surface area contributed by atoms with Gasteiger partial charge in [0.1, 0.15) is 5.82 Å². The molecule has 1 aromatic carbocycles. The summed E-state index contributed by atoms with van der Waals surface area (Å²) in [5.41, 5.74) is 0.567. The predicted octanol–water partition coefficient (Wildman–Crippen LogP) is 3.69. The van der Waals surface area contributed by atoms with Gasteiger partial charge in [0.15, 0.2) is 0 Å². The molecule has 0 radical (unpaired) electrons. The van der Waals surface area contributed by atoms with Gasteiger partial charge >= 0.3 is 0 Å². The Morgan fingerprint density at radius 2 is 2.14 bits per heavy atom. The average molecular weight is 294 g/mol. The van der Waals surface area contributed by atoms with Gasteiger partial charge in [0, 0.05) is 12.1 Å². The number of benzene rings is 1. The SMILES string of the molecule is CCNC1CCC(C)CC1Cc1cc(F)cc([N+](=O)[O-])c1. The molecular weight excluding hydrogens is 271 g/mol. The normalized spacial score (nSPS) is 25.8. The Hall–Kier alpha value is -1.49. The van der Waals surface area contributed by atoms with Crippen LogP contribution < -0.4 is 5.32 Å². The molecule has 1 aromatic rings. The van der Waals surface area contributed by atoms with E-state index in [0.717, 1.165) is 31.0 Å². The standard InChI is InChI=1S/C16H23FN2O2/c1-3-18-16-5-4-11(2)6-13(16)7-12-8-14(17)10-15(9-12)19(20)21/h8-11,13,16,18H,3-7H2,1-2H3. The maximum absolute atomic E-state index is 13.5. The van der Waals surface area contributed by atoms with Crippen molar-refractivity contribution >= 4 is 5.69 Å². The van der Waals surface area contributed by atoms with Gasteiger partial charge < -0.3 is 5.32 Å². The summed E-state index contributed by atoms with van der Waals surface area (Å²) >= 11 is 0. The van der Waals surface area contributed by atoms with Gasteiger partial charge in [0.05, 0.1) is 11.0 Å². The number of nitro groups is 1. The topological polar surface area (TPSA) is 55.2 Å². The first-order valence-corrected chi connectivity index (χ1v) is 7.66. The molecule has 1 N–H and O–H groups in total. The van der Waals surface area contributed by atoms with Crippen molar-refractivity contribution in [3.63, 3.8) is 0 Å². The lowest BCUT2D eigenvalue weighted by atomic mass is 9.76. The van der Waals surface area contributed by atoms with E-state index in [4.69, 9.17) is 0 Å². The van der Waals surface area contributed by atoms with Gasteiger partial charge in [0.25, 0.3) is 5.69 Å². The second kappa shape index (κ2) is 6.98. The largest absolute Gasteiger partial charge is 0.314 e. The summed E-state index contributed by atoms with van der Waals surface area (Å²) in [6.45, 7) is 5.24. The zero-order valence-corrected chi connectivity index (χ0v) is 12.6. The molecule has 0 aromatic heterocycles. The minimum atomic E-state index is -0.530. The minimum Gasteiger partial charge on any atom is -0.314 e. The van der Waals surface area contributed by atoms with Gasteiger partial charge in [-0.3, -0.25) is 10.1 Å². The van der Waals surface area contributed by atoms with Crippen molar-refractivity contribution in [1.29, 1.82) is 0 Å². The molecule has 0 bridgehead atoms. The Bertz CT molecular complexity index is 507. The third kappa shape index (κ3) is 4.24. The monoisotopic (exact) mass is 294 g/mol. The van der Waals surface area contributed by atoms with Crippen LogP contribution in [0.4, 0.5) is 10.1 Å². The number of halogens is 1. The summed E-state index contributed by atoms with van der Waals surface area (Å²) in [7, 11) is 0. The number of hydrogen-bond acceptors (Lipinski definition) is 3. The van der Waals surface area contributed by atoms with Crippen LogP contribution in [0.25, 0.3) is 0 Å². The number of nitrogens with one attached hydrogen (secondary N) is 1. The smallest absolute Gasteiger partial charge is 0.272 e. The van der Waals surface area contributed by atoms with Crippen LogP contribution in [0.1, 0.15) is 38.7 Å². The van der Waals surface area contributed by atoms with Crippen LogP contribution in [0.3, 0.4) is 0 Å². The molecule has 0 amide bonds.